The first kappa shape index (κ1) is 19.8. The van der Waals surface area contributed by atoms with Crippen LogP contribution in [0.1, 0.15) is 26.6 Å². The zero-order valence-electron chi connectivity index (χ0n) is 15.4. The van der Waals surface area contributed by atoms with Crippen LogP contribution in [0.25, 0.3) is 5.57 Å². The second-order valence-electron chi connectivity index (χ2n) is 6.69. The molecule has 152 valence electrons. The van der Waals surface area contributed by atoms with Crippen molar-refractivity contribution in [1.29, 1.82) is 0 Å². The van der Waals surface area contributed by atoms with Crippen LogP contribution in [0.3, 0.4) is 0 Å². The number of hydrogen-bond donors (Lipinski definition) is 0. The van der Waals surface area contributed by atoms with Gasteiger partial charge in [-0.25, -0.2) is 9.48 Å². The van der Waals surface area contributed by atoms with Crippen LogP contribution < -0.4 is 10.6 Å². The molecule has 3 aromatic rings. The number of hydrogen-bond acceptors (Lipinski definition) is 6. The summed E-state index contributed by atoms with van der Waals surface area (Å²) >= 11 is 2.33. The van der Waals surface area contributed by atoms with Crippen molar-refractivity contribution >= 4 is 34.1 Å². The summed E-state index contributed by atoms with van der Waals surface area (Å²) in [6, 6.07) is 4.54. The van der Waals surface area contributed by atoms with E-state index < -0.39 is 16.7 Å². The summed E-state index contributed by atoms with van der Waals surface area (Å²) in [5.74, 6) is 0.477. The fourth-order valence-electron chi connectivity index (χ4n) is 3.13. The Morgan fingerprint density at radius 1 is 1.28 bits per heavy atom. The van der Waals surface area contributed by atoms with Gasteiger partial charge >= 0.3 is 11.9 Å². The zero-order chi connectivity index (χ0) is 20.6. The first-order valence-electron chi connectivity index (χ1n) is 8.89. The van der Waals surface area contributed by atoms with Gasteiger partial charge in [0.1, 0.15) is 4.88 Å². The van der Waals surface area contributed by atoms with Gasteiger partial charge in [-0.2, -0.15) is 23.3 Å². The summed E-state index contributed by atoms with van der Waals surface area (Å²) < 4.78 is 39.2. The monoisotopic (exact) mass is 438 g/mol. The van der Waals surface area contributed by atoms with Crippen LogP contribution in [0.15, 0.2) is 40.6 Å². The van der Waals surface area contributed by atoms with Gasteiger partial charge in [0.25, 0.3) is 0 Å². The molecule has 1 aliphatic heterocycles. The third-order valence-corrected chi connectivity index (χ3v) is 6.60. The van der Waals surface area contributed by atoms with Crippen LogP contribution in [0, 0.1) is 6.92 Å². The Hall–Kier alpha value is -2.46. The van der Waals surface area contributed by atoms with Gasteiger partial charge in [0.05, 0.1) is 12.7 Å². The van der Waals surface area contributed by atoms with Crippen LogP contribution in [0.4, 0.5) is 19.0 Å². The van der Waals surface area contributed by atoms with Crippen molar-refractivity contribution < 1.29 is 13.2 Å². The summed E-state index contributed by atoms with van der Waals surface area (Å²) in [5, 5.41) is 6.25. The van der Waals surface area contributed by atoms with Crippen LogP contribution >= 0.6 is 22.7 Å². The summed E-state index contributed by atoms with van der Waals surface area (Å²) in [6.45, 7) is 3.39. The number of rotatable bonds is 4. The Morgan fingerprint density at radius 3 is 2.69 bits per heavy atom. The molecule has 0 unspecified atom stereocenters. The van der Waals surface area contributed by atoms with Crippen molar-refractivity contribution in [2.75, 3.05) is 18.0 Å². The Balaban J connectivity index is 1.46. The summed E-state index contributed by atoms with van der Waals surface area (Å²) in [6.07, 6.45) is 0.0812. The van der Waals surface area contributed by atoms with Crippen molar-refractivity contribution in [3.63, 3.8) is 0 Å². The van der Waals surface area contributed by atoms with Gasteiger partial charge in [-0.3, -0.25) is 0 Å². The lowest BCUT2D eigenvalue weighted by Crippen LogP contribution is -2.33. The standard InChI is InChI=1S/C19H17F3N4OS2/c1-12-8-14(11-28-12)13-4-6-25(7-5-13)17-9-23-26(18(27)24-17)10-15-2-3-16(29-15)19(20,21)22/h2-4,8-9,11H,5-7,10H2,1H3. The minimum Gasteiger partial charge on any atom is -0.351 e. The molecule has 0 fully saturated rings. The maximum Gasteiger partial charge on any atom is 0.425 e. The van der Waals surface area contributed by atoms with E-state index in [0.717, 1.165) is 23.7 Å². The van der Waals surface area contributed by atoms with Gasteiger partial charge in [0.15, 0.2) is 5.82 Å². The van der Waals surface area contributed by atoms with Crippen molar-refractivity contribution in [2.24, 2.45) is 0 Å². The number of nitrogens with zero attached hydrogens (tertiary/aromatic N) is 4. The van der Waals surface area contributed by atoms with Gasteiger partial charge in [-0.15, -0.1) is 22.7 Å². The SMILES string of the molecule is Cc1cc(C2=CCN(c3cnn(Cc4ccc(C(F)(F)F)s4)c(=O)n3)CC2)cs1. The van der Waals surface area contributed by atoms with Crippen molar-refractivity contribution in [3.05, 3.63) is 66.5 Å². The van der Waals surface area contributed by atoms with Gasteiger partial charge < -0.3 is 4.90 Å². The van der Waals surface area contributed by atoms with E-state index in [1.807, 2.05) is 4.90 Å². The number of anilines is 1. The Morgan fingerprint density at radius 2 is 2.10 bits per heavy atom. The second kappa shape index (κ2) is 7.75. The molecular weight excluding hydrogens is 421 g/mol. The highest BCUT2D eigenvalue weighted by Crippen LogP contribution is 2.34. The molecule has 5 nitrogen and oxygen atoms in total. The van der Waals surface area contributed by atoms with Gasteiger partial charge in [0.2, 0.25) is 0 Å². The zero-order valence-corrected chi connectivity index (χ0v) is 17.1. The largest absolute Gasteiger partial charge is 0.425 e. The number of halogens is 3. The molecule has 0 N–H and O–H groups in total. The van der Waals surface area contributed by atoms with E-state index in [4.69, 9.17) is 0 Å². The fourth-order valence-corrected chi connectivity index (χ4v) is 4.71. The Labute approximate surface area is 172 Å². The normalized spacial score (nSPS) is 14.9. The van der Waals surface area contributed by atoms with E-state index >= 15 is 0 Å². The maximum atomic E-state index is 12.7. The molecule has 3 aromatic heterocycles. The molecule has 0 saturated carbocycles. The number of thiophene rings is 2. The third-order valence-electron chi connectivity index (χ3n) is 4.62. The van der Waals surface area contributed by atoms with E-state index in [2.05, 4.69) is 34.5 Å². The number of alkyl halides is 3. The van der Waals surface area contributed by atoms with E-state index in [1.54, 1.807) is 11.3 Å². The average molecular weight is 439 g/mol. The van der Waals surface area contributed by atoms with E-state index in [9.17, 15) is 18.0 Å². The predicted octanol–water partition coefficient (Wildman–Crippen LogP) is 4.43. The third kappa shape index (κ3) is 4.43. The highest BCUT2D eigenvalue weighted by Gasteiger charge is 2.32. The van der Waals surface area contributed by atoms with Crippen molar-refractivity contribution in [2.45, 2.75) is 26.1 Å². The molecule has 0 bridgehead atoms. The minimum absolute atomic E-state index is 0.0333. The van der Waals surface area contributed by atoms with Gasteiger partial charge in [0, 0.05) is 22.8 Å². The molecule has 10 heteroatoms. The van der Waals surface area contributed by atoms with Crippen LogP contribution in [-0.2, 0) is 12.7 Å². The molecule has 4 rings (SSSR count). The molecule has 0 saturated heterocycles. The second-order valence-corrected chi connectivity index (χ2v) is 8.97. The van der Waals surface area contributed by atoms with Gasteiger partial charge in [-0.05, 0) is 48.1 Å². The maximum absolute atomic E-state index is 12.7. The molecule has 0 aromatic carbocycles. The van der Waals surface area contributed by atoms with Crippen LogP contribution in [-0.4, -0.2) is 27.9 Å². The lowest BCUT2D eigenvalue weighted by molar-refractivity contribution is -0.134. The molecule has 0 spiro atoms. The first-order valence-corrected chi connectivity index (χ1v) is 10.6. The summed E-state index contributed by atoms with van der Waals surface area (Å²) in [5.41, 5.74) is 1.94. The molecule has 0 aliphatic carbocycles. The highest BCUT2D eigenvalue weighted by atomic mass is 32.1. The van der Waals surface area contributed by atoms with Gasteiger partial charge in [-0.1, -0.05) is 6.08 Å². The fraction of sp³-hybridized carbons (Fsp3) is 0.316. The first-order chi connectivity index (χ1) is 13.8. The molecular formula is C19H17F3N4OS2. The summed E-state index contributed by atoms with van der Waals surface area (Å²) in [4.78, 5) is 19.3. The van der Waals surface area contributed by atoms with E-state index in [1.165, 1.54) is 28.3 Å². The highest BCUT2D eigenvalue weighted by molar-refractivity contribution is 7.12. The molecule has 0 amide bonds. The number of aromatic nitrogens is 3. The van der Waals surface area contributed by atoms with Crippen molar-refractivity contribution in [3.8, 4) is 0 Å². The lowest BCUT2D eigenvalue weighted by Gasteiger charge is -2.26. The predicted molar refractivity (Wildman–Crippen MR) is 109 cm³/mol. The smallest absolute Gasteiger partial charge is 0.351 e. The van der Waals surface area contributed by atoms with Crippen LogP contribution in [0.5, 0.6) is 0 Å². The number of aryl methyl sites for hydroxylation is 1. The molecule has 4 heterocycles. The van der Waals surface area contributed by atoms with E-state index in [0.29, 0.717) is 28.6 Å². The lowest BCUT2D eigenvalue weighted by atomic mass is 10.0. The van der Waals surface area contributed by atoms with Crippen molar-refractivity contribution in [1.82, 2.24) is 14.8 Å². The minimum atomic E-state index is -4.38. The average Bonchev–Trinajstić information content (AvgIpc) is 3.32. The summed E-state index contributed by atoms with van der Waals surface area (Å²) in [7, 11) is 0. The molecule has 1 aliphatic rings. The molecule has 29 heavy (non-hydrogen) atoms. The quantitative estimate of drug-likeness (QED) is 0.605. The Bertz CT molecular complexity index is 1110. The molecule has 0 radical (unpaired) electrons. The van der Waals surface area contributed by atoms with E-state index in [-0.39, 0.29) is 6.54 Å². The topological polar surface area (TPSA) is 51.0 Å². The molecule has 0 atom stereocenters. The Kier molecular flexibility index (Phi) is 5.30. The van der Waals surface area contributed by atoms with Crippen LogP contribution in [0.2, 0.25) is 0 Å².